The van der Waals surface area contributed by atoms with Gasteiger partial charge in [0.1, 0.15) is 11.2 Å². The van der Waals surface area contributed by atoms with Gasteiger partial charge in [0, 0.05) is 41.3 Å². The molecule has 0 spiro atoms. The number of anilines is 2. The summed E-state index contributed by atoms with van der Waals surface area (Å²) < 4.78 is 18.1. The third-order valence-corrected chi connectivity index (χ3v) is 7.00. The highest BCUT2D eigenvalue weighted by Crippen LogP contribution is 2.46. The SMILES string of the molecule is C=CCn1c(=O)c2cnc(Nc3cc(F)c4c(c3)CCNC4)nc2n1-c1ccnc(C2(C)CC2)c1. The molecule has 8 nitrogen and oxygen atoms in total. The van der Waals surface area contributed by atoms with Crippen molar-refractivity contribution in [1.82, 2.24) is 29.6 Å². The molecule has 9 heteroatoms. The summed E-state index contributed by atoms with van der Waals surface area (Å²) >= 11 is 0. The second kappa shape index (κ2) is 8.13. The molecule has 2 aliphatic rings. The van der Waals surface area contributed by atoms with Crippen LogP contribution in [0.15, 0.2) is 54.1 Å². The number of hydrogen-bond donors (Lipinski definition) is 2. The number of allylic oxidation sites excluding steroid dienone is 1. The first-order valence-corrected chi connectivity index (χ1v) is 11.8. The van der Waals surface area contributed by atoms with Crippen molar-refractivity contribution in [3.05, 3.63) is 82.3 Å². The molecule has 1 aromatic carbocycles. The minimum atomic E-state index is -0.259. The van der Waals surface area contributed by atoms with E-state index in [1.807, 2.05) is 18.2 Å². The maximum absolute atomic E-state index is 14.7. The van der Waals surface area contributed by atoms with Gasteiger partial charge in [0.15, 0.2) is 5.65 Å². The van der Waals surface area contributed by atoms with E-state index in [-0.39, 0.29) is 16.8 Å². The van der Waals surface area contributed by atoms with Gasteiger partial charge in [-0.15, -0.1) is 6.58 Å². The van der Waals surface area contributed by atoms with Crippen molar-refractivity contribution < 1.29 is 4.39 Å². The van der Waals surface area contributed by atoms with E-state index in [9.17, 15) is 9.18 Å². The van der Waals surface area contributed by atoms with Gasteiger partial charge in [0.05, 0.1) is 12.2 Å². The number of nitrogens with zero attached hydrogens (tertiary/aromatic N) is 5. The van der Waals surface area contributed by atoms with Gasteiger partial charge in [-0.25, -0.2) is 18.7 Å². The van der Waals surface area contributed by atoms with E-state index in [0.29, 0.717) is 41.3 Å². The molecule has 0 radical (unpaired) electrons. The van der Waals surface area contributed by atoms with Crippen LogP contribution in [0.4, 0.5) is 16.0 Å². The number of hydrogen-bond acceptors (Lipinski definition) is 6. The second-order valence-electron chi connectivity index (χ2n) is 9.53. The summed E-state index contributed by atoms with van der Waals surface area (Å²) in [5.41, 5.74) is 4.40. The highest BCUT2D eigenvalue weighted by Gasteiger charge is 2.40. The highest BCUT2D eigenvalue weighted by molar-refractivity contribution is 5.77. The minimum absolute atomic E-state index is 0.0796. The number of fused-ring (bicyclic) bond motifs is 2. The number of benzene rings is 1. The lowest BCUT2D eigenvalue weighted by Crippen LogP contribution is -2.24. The van der Waals surface area contributed by atoms with Gasteiger partial charge in [-0.2, -0.15) is 4.98 Å². The van der Waals surface area contributed by atoms with E-state index in [1.54, 1.807) is 21.6 Å². The van der Waals surface area contributed by atoms with Gasteiger partial charge < -0.3 is 10.6 Å². The van der Waals surface area contributed by atoms with Crippen molar-refractivity contribution in [2.45, 2.75) is 44.7 Å². The zero-order valence-electron chi connectivity index (χ0n) is 19.5. The largest absolute Gasteiger partial charge is 0.324 e. The molecule has 1 aliphatic carbocycles. The zero-order chi connectivity index (χ0) is 24.2. The Morgan fingerprint density at radius 2 is 2.14 bits per heavy atom. The molecule has 0 bridgehead atoms. The van der Waals surface area contributed by atoms with Crippen LogP contribution in [-0.2, 0) is 24.9 Å². The predicted octanol–water partition coefficient (Wildman–Crippen LogP) is 3.74. The summed E-state index contributed by atoms with van der Waals surface area (Å²) in [6.07, 6.45) is 7.92. The zero-order valence-corrected chi connectivity index (χ0v) is 19.5. The predicted molar refractivity (Wildman–Crippen MR) is 133 cm³/mol. The van der Waals surface area contributed by atoms with E-state index in [0.717, 1.165) is 42.8 Å². The number of pyridine rings is 1. The molecule has 1 fully saturated rings. The summed E-state index contributed by atoms with van der Waals surface area (Å²) in [7, 11) is 0. The molecule has 0 atom stereocenters. The normalized spacial score (nSPS) is 16.2. The summed E-state index contributed by atoms with van der Waals surface area (Å²) in [6.45, 7) is 7.67. The van der Waals surface area contributed by atoms with Gasteiger partial charge in [-0.1, -0.05) is 13.0 Å². The van der Waals surface area contributed by atoms with Crippen molar-refractivity contribution in [2.75, 3.05) is 11.9 Å². The lowest BCUT2D eigenvalue weighted by atomic mass is 10.00. The molecule has 2 N–H and O–H groups in total. The standard InChI is InChI=1S/C26H26FN7O/c1-3-10-33-24(35)20-15-30-25(31-17-11-16-4-8-28-14-19(16)21(27)12-17)32-23(20)34(33)18-5-9-29-22(13-18)26(2)6-7-26/h3,5,9,11-13,15,28H,1,4,6-8,10,14H2,2H3,(H,30,31,32). The number of nitrogens with one attached hydrogen (secondary N) is 2. The third kappa shape index (κ3) is 3.72. The monoisotopic (exact) mass is 471 g/mol. The number of halogens is 1. The van der Waals surface area contributed by atoms with Crippen molar-refractivity contribution in [3.63, 3.8) is 0 Å². The quantitative estimate of drug-likeness (QED) is 0.417. The van der Waals surface area contributed by atoms with Gasteiger partial charge in [0.25, 0.3) is 5.56 Å². The van der Waals surface area contributed by atoms with Crippen molar-refractivity contribution >= 4 is 22.7 Å². The Labute approximate surface area is 201 Å². The molecule has 0 unspecified atom stereocenters. The smallest absolute Gasteiger partial charge is 0.278 e. The van der Waals surface area contributed by atoms with Crippen LogP contribution in [0.1, 0.15) is 36.6 Å². The van der Waals surface area contributed by atoms with Gasteiger partial charge >= 0.3 is 0 Å². The lowest BCUT2D eigenvalue weighted by Gasteiger charge is -2.19. The number of aromatic nitrogens is 5. The van der Waals surface area contributed by atoms with E-state index in [2.05, 4.69) is 34.1 Å². The summed E-state index contributed by atoms with van der Waals surface area (Å²) in [6, 6.07) is 7.29. The average Bonchev–Trinajstić information content (AvgIpc) is 3.56. The minimum Gasteiger partial charge on any atom is -0.324 e. The fraction of sp³-hybridized carbons (Fsp3) is 0.308. The highest BCUT2D eigenvalue weighted by atomic mass is 19.1. The molecule has 6 rings (SSSR count). The number of rotatable bonds is 6. The van der Waals surface area contributed by atoms with Gasteiger partial charge in [-0.05, 0) is 55.6 Å². The molecule has 4 aromatic rings. The fourth-order valence-electron chi connectivity index (χ4n) is 4.72. The topological polar surface area (TPSA) is 89.7 Å². The first kappa shape index (κ1) is 21.7. The van der Waals surface area contributed by atoms with Crippen molar-refractivity contribution in [1.29, 1.82) is 0 Å². The van der Waals surface area contributed by atoms with Gasteiger partial charge in [0.2, 0.25) is 5.95 Å². The molecule has 1 aliphatic heterocycles. The van der Waals surface area contributed by atoms with Crippen molar-refractivity contribution in [3.8, 4) is 5.69 Å². The maximum Gasteiger partial charge on any atom is 0.278 e. The Hall–Kier alpha value is -3.85. The molecule has 3 aromatic heterocycles. The van der Waals surface area contributed by atoms with E-state index < -0.39 is 0 Å². The molecular formula is C26H26FN7O. The molecule has 0 amide bonds. The average molecular weight is 472 g/mol. The Morgan fingerprint density at radius 1 is 1.29 bits per heavy atom. The maximum atomic E-state index is 14.7. The van der Waals surface area contributed by atoms with E-state index >= 15 is 0 Å². The molecule has 0 saturated heterocycles. The van der Waals surface area contributed by atoms with Crippen LogP contribution in [0.5, 0.6) is 0 Å². The molecule has 35 heavy (non-hydrogen) atoms. The Morgan fingerprint density at radius 3 is 2.94 bits per heavy atom. The first-order valence-electron chi connectivity index (χ1n) is 11.8. The van der Waals surface area contributed by atoms with Crippen LogP contribution in [0.25, 0.3) is 16.7 Å². The second-order valence-corrected chi connectivity index (χ2v) is 9.53. The summed E-state index contributed by atoms with van der Waals surface area (Å²) in [5.74, 6) is 0.0314. The van der Waals surface area contributed by atoms with Crippen LogP contribution < -0.4 is 16.2 Å². The molecular weight excluding hydrogens is 445 g/mol. The molecule has 1 saturated carbocycles. The van der Waals surface area contributed by atoms with Crippen molar-refractivity contribution in [2.24, 2.45) is 0 Å². The third-order valence-electron chi connectivity index (χ3n) is 7.00. The van der Waals surface area contributed by atoms with E-state index in [4.69, 9.17) is 4.98 Å². The van der Waals surface area contributed by atoms with Crippen LogP contribution in [0.3, 0.4) is 0 Å². The van der Waals surface area contributed by atoms with Crippen LogP contribution >= 0.6 is 0 Å². The van der Waals surface area contributed by atoms with Crippen LogP contribution in [-0.4, -0.2) is 30.9 Å². The fourth-order valence-corrected chi connectivity index (χ4v) is 4.72. The van der Waals surface area contributed by atoms with Crippen LogP contribution in [0.2, 0.25) is 0 Å². The molecule has 178 valence electrons. The Balaban J connectivity index is 1.46. The first-order chi connectivity index (χ1) is 17.0. The van der Waals surface area contributed by atoms with Crippen LogP contribution in [0, 0.1) is 5.82 Å². The van der Waals surface area contributed by atoms with E-state index in [1.165, 1.54) is 12.3 Å². The Bertz CT molecular complexity index is 1530. The Kier molecular flexibility index (Phi) is 5.03. The summed E-state index contributed by atoms with van der Waals surface area (Å²) in [4.78, 5) is 26.8. The lowest BCUT2D eigenvalue weighted by molar-refractivity contribution is 0.564. The summed E-state index contributed by atoms with van der Waals surface area (Å²) in [5, 5.41) is 6.73. The van der Waals surface area contributed by atoms with Gasteiger partial charge in [-0.3, -0.25) is 9.78 Å². The molecule has 4 heterocycles.